The van der Waals surface area contributed by atoms with E-state index in [4.69, 9.17) is 9.47 Å². The Morgan fingerprint density at radius 3 is 2.44 bits per heavy atom. The molecule has 2 heterocycles. The lowest BCUT2D eigenvalue weighted by Gasteiger charge is -2.17. The zero-order valence-corrected chi connectivity index (χ0v) is 19.1. The number of nitrogens with zero attached hydrogens (tertiary/aromatic N) is 3. The van der Waals surface area contributed by atoms with Gasteiger partial charge < -0.3 is 9.47 Å². The Morgan fingerprint density at radius 1 is 1.09 bits per heavy atom. The summed E-state index contributed by atoms with van der Waals surface area (Å²) >= 11 is 0. The van der Waals surface area contributed by atoms with Gasteiger partial charge in [-0.3, -0.25) is 9.36 Å². The second-order valence-corrected chi connectivity index (χ2v) is 7.63. The SMILES string of the molecule is C=Cc1ccc(Cn2c(=O)c3c(C(=O)OC)cc(C)nc3n(-c3ccccc3OC)c2=O)cc1. The van der Waals surface area contributed by atoms with Crippen LogP contribution in [0, 0.1) is 6.92 Å². The minimum absolute atomic E-state index is 0.00529. The second-order valence-electron chi connectivity index (χ2n) is 7.63. The standard InChI is InChI=1S/C26H23N3O5/c1-5-17-10-12-18(13-11-17)15-28-24(30)22-19(25(31)34-4)14-16(2)27-23(22)29(26(28)32)20-8-6-7-9-21(20)33-3/h5-14H,1,15H2,2-4H3. The number of ether oxygens (including phenoxy) is 2. The highest BCUT2D eigenvalue weighted by Crippen LogP contribution is 2.25. The summed E-state index contributed by atoms with van der Waals surface area (Å²) in [4.78, 5) is 44.5. The lowest BCUT2D eigenvalue weighted by molar-refractivity contribution is 0.0602. The number of hydrogen-bond acceptors (Lipinski definition) is 6. The van der Waals surface area contributed by atoms with Gasteiger partial charge in [0.15, 0.2) is 5.65 Å². The number of esters is 1. The predicted molar refractivity (Wildman–Crippen MR) is 130 cm³/mol. The Bertz CT molecular complexity index is 1530. The molecule has 8 nitrogen and oxygen atoms in total. The summed E-state index contributed by atoms with van der Waals surface area (Å²) in [5.74, 6) is -0.283. The monoisotopic (exact) mass is 457 g/mol. The summed E-state index contributed by atoms with van der Waals surface area (Å²) in [6.07, 6.45) is 1.71. The fourth-order valence-electron chi connectivity index (χ4n) is 3.85. The van der Waals surface area contributed by atoms with Gasteiger partial charge in [-0.1, -0.05) is 49.1 Å². The zero-order valence-electron chi connectivity index (χ0n) is 19.1. The van der Waals surface area contributed by atoms with Crippen molar-refractivity contribution in [2.24, 2.45) is 0 Å². The molecular formula is C26H23N3O5. The van der Waals surface area contributed by atoms with Crippen LogP contribution in [0.1, 0.15) is 27.2 Å². The van der Waals surface area contributed by atoms with Crippen molar-refractivity contribution in [2.75, 3.05) is 14.2 Å². The Labute approximate surface area is 195 Å². The van der Waals surface area contributed by atoms with Crippen LogP contribution in [-0.2, 0) is 11.3 Å². The predicted octanol–water partition coefficient (Wildman–Crippen LogP) is 3.34. The molecule has 0 fully saturated rings. The number of methoxy groups -OCH3 is 2. The van der Waals surface area contributed by atoms with E-state index < -0.39 is 17.2 Å². The van der Waals surface area contributed by atoms with Gasteiger partial charge in [-0.15, -0.1) is 0 Å². The number of carbonyl (C=O) groups is 1. The molecule has 0 bridgehead atoms. The summed E-state index contributed by atoms with van der Waals surface area (Å²) in [6, 6.07) is 15.7. The van der Waals surface area contributed by atoms with Crippen molar-refractivity contribution in [2.45, 2.75) is 13.5 Å². The Balaban J connectivity index is 2.13. The normalized spacial score (nSPS) is 10.8. The Morgan fingerprint density at radius 2 is 1.79 bits per heavy atom. The Kier molecular flexibility index (Phi) is 6.14. The first-order chi connectivity index (χ1) is 16.4. The number of benzene rings is 2. The maximum atomic E-state index is 13.8. The second kappa shape index (κ2) is 9.19. The van der Waals surface area contributed by atoms with Crippen LogP contribution in [0.25, 0.3) is 22.8 Å². The first-order valence-electron chi connectivity index (χ1n) is 10.5. The van der Waals surface area contributed by atoms with E-state index in [-0.39, 0.29) is 23.1 Å². The van der Waals surface area contributed by atoms with E-state index in [2.05, 4.69) is 11.6 Å². The van der Waals surface area contributed by atoms with Crippen molar-refractivity contribution in [1.29, 1.82) is 0 Å². The third kappa shape index (κ3) is 3.90. The third-order valence-corrected chi connectivity index (χ3v) is 5.51. The molecule has 0 saturated heterocycles. The van der Waals surface area contributed by atoms with Crippen molar-refractivity contribution in [3.8, 4) is 11.4 Å². The maximum absolute atomic E-state index is 13.8. The van der Waals surface area contributed by atoms with Crippen LogP contribution in [0.3, 0.4) is 0 Å². The number of fused-ring (bicyclic) bond motifs is 1. The molecule has 0 amide bonds. The van der Waals surface area contributed by atoms with Crippen LogP contribution < -0.4 is 16.0 Å². The van der Waals surface area contributed by atoms with Crippen LogP contribution in [0.5, 0.6) is 5.75 Å². The van der Waals surface area contributed by atoms with Crippen molar-refractivity contribution in [3.63, 3.8) is 0 Å². The van der Waals surface area contributed by atoms with Gasteiger partial charge in [-0.25, -0.2) is 19.1 Å². The summed E-state index contributed by atoms with van der Waals surface area (Å²) in [6.45, 7) is 5.41. The molecule has 2 aromatic carbocycles. The summed E-state index contributed by atoms with van der Waals surface area (Å²) < 4.78 is 12.8. The molecule has 4 rings (SSSR count). The Hall–Kier alpha value is -4.46. The van der Waals surface area contributed by atoms with E-state index in [9.17, 15) is 14.4 Å². The molecule has 0 aliphatic rings. The number of rotatable bonds is 6. The van der Waals surface area contributed by atoms with Crippen LogP contribution in [0.15, 0.2) is 70.8 Å². The average Bonchev–Trinajstić information content (AvgIpc) is 2.86. The molecule has 0 unspecified atom stereocenters. The van der Waals surface area contributed by atoms with Gasteiger partial charge in [0.2, 0.25) is 0 Å². The van der Waals surface area contributed by atoms with Crippen molar-refractivity contribution >= 4 is 23.1 Å². The molecule has 0 aliphatic heterocycles. The van der Waals surface area contributed by atoms with E-state index in [1.165, 1.54) is 24.9 Å². The van der Waals surface area contributed by atoms with Crippen LogP contribution in [0.4, 0.5) is 0 Å². The van der Waals surface area contributed by atoms with E-state index >= 15 is 0 Å². The lowest BCUT2D eigenvalue weighted by Crippen LogP contribution is -2.41. The molecule has 2 aromatic heterocycles. The molecule has 0 radical (unpaired) electrons. The lowest BCUT2D eigenvalue weighted by atomic mass is 10.1. The number of carbonyl (C=O) groups excluding carboxylic acids is 1. The smallest absolute Gasteiger partial charge is 0.338 e. The van der Waals surface area contributed by atoms with E-state index in [1.54, 1.807) is 37.3 Å². The van der Waals surface area contributed by atoms with Gasteiger partial charge in [-0.05, 0) is 36.2 Å². The number of pyridine rings is 1. The van der Waals surface area contributed by atoms with Gasteiger partial charge in [0, 0.05) is 5.69 Å². The number of para-hydroxylation sites is 2. The van der Waals surface area contributed by atoms with Crippen LogP contribution >= 0.6 is 0 Å². The quantitative estimate of drug-likeness (QED) is 0.413. The van der Waals surface area contributed by atoms with Crippen LogP contribution in [-0.4, -0.2) is 34.3 Å². The first-order valence-corrected chi connectivity index (χ1v) is 10.5. The molecule has 34 heavy (non-hydrogen) atoms. The number of hydrogen-bond donors (Lipinski definition) is 0. The van der Waals surface area contributed by atoms with E-state index in [1.807, 2.05) is 24.3 Å². The summed E-state index contributed by atoms with van der Waals surface area (Å²) in [5.41, 5.74) is 1.34. The first kappa shape index (κ1) is 22.7. The minimum Gasteiger partial charge on any atom is -0.495 e. The van der Waals surface area contributed by atoms with Gasteiger partial charge in [0.1, 0.15) is 5.75 Å². The molecule has 8 heteroatoms. The number of aryl methyl sites for hydroxylation is 1. The fraction of sp³-hybridized carbons (Fsp3) is 0.154. The van der Waals surface area contributed by atoms with Crippen LogP contribution in [0.2, 0.25) is 0 Å². The molecular weight excluding hydrogens is 434 g/mol. The highest BCUT2D eigenvalue weighted by atomic mass is 16.5. The molecule has 0 atom stereocenters. The van der Waals surface area contributed by atoms with Gasteiger partial charge in [0.05, 0.1) is 37.4 Å². The zero-order chi connectivity index (χ0) is 24.4. The summed E-state index contributed by atoms with van der Waals surface area (Å²) in [7, 11) is 2.72. The third-order valence-electron chi connectivity index (χ3n) is 5.51. The molecule has 0 spiro atoms. The fourth-order valence-corrected chi connectivity index (χ4v) is 3.85. The minimum atomic E-state index is -0.695. The maximum Gasteiger partial charge on any atom is 0.338 e. The van der Waals surface area contributed by atoms with Gasteiger partial charge in [0.25, 0.3) is 5.56 Å². The van der Waals surface area contributed by atoms with Gasteiger partial charge in [-0.2, -0.15) is 0 Å². The highest BCUT2D eigenvalue weighted by molar-refractivity contribution is 6.02. The topological polar surface area (TPSA) is 92.4 Å². The van der Waals surface area contributed by atoms with E-state index in [0.29, 0.717) is 17.1 Å². The molecule has 0 aliphatic carbocycles. The summed E-state index contributed by atoms with van der Waals surface area (Å²) in [5, 5.41) is -0.00864. The van der Waals surface area contributed by atoms with Crippen molar-refractivity contribution < 1.29 is 14.3 Å². The van der Waals surface area contributed by atoms with Crippen molar-refractivity contribution in [1.82, 2.24) is 14.1 Å². The number of aromatic nitrogens is 3. The van der Waals surface area contributed by atoms with Gasteiger partial charge >= 0.3 is 11.7 Å². The molecule has 4 aromatic rings. The molecule has 172 valence electrons. The average molecular weight is 457 g/mol. The highest BCUT2D eigenvalue weighted by Gasteiger charge is 2.24. The molecule has 0 saturated carbocycles. The van der Waals surface area contributed by atoms with Crippen molar-refractivity contribution in [3.05, 3.63) is 104 Å². The largest absolute Gasteiger partial charge is 0.495 e. The van der Waals surface area contributed by atoms with E-state index in [0.717, 1.165) is 15.7 Å². The molecule has 0 N–H and O–H groups in total.